The van der Waals surface area contributed by atoms with Crippen LogP contribution >= 0.6 is 15.9 Å². The summed E-state index contributed by atoms with van der Waals surface area (Å²) in [6.07, 6.45) is 7.10. The number of hydrogen-bond donors (Lipinski definition) is 1. The topological polar surface area (TPSA) is 56.7 Å². The zero-order chi connectivity index (χ0) is 11.8. The van der Waals surface area contributed by atoms with Crippen molar-refractivity contribution in [2.24, 2.45) is 5.92 Å². The number of imidazole rings is 1. The minimum absolute atomic E-state index is 0.574. The number of rotatable bonds is 3. The number of hydrogen-bond acceptors (Lipinski definition) is 3. The summed E-state index contributed by atoms with van der Waals surface area (Å²) >= 11 is 3.40. The predicted octanol–water partition coefficient (Wildman–Crippen LogP) is 2.97. The molecule has 1 aliphatic rings. The second kappa shape index (κ2) is 4.29. The first-order valence-electron chi connectivity index (χ1n) is 6.01. The molecule has 1 saturated carbocycles. The number of nitrogens with two attached hydrogens (primary N) is 1. The highest BCUT2D eigenvalue weighted by molar-refractivity contribution is 9.10. The Morgan fingerprint density at radius 1 is 1.47 bits per heavy atom. The summed E-state index contributed by atoms with van der Waals surface area (Å²) in [5.74, 6) is 1.45. The predicted molar refractivity (Wildman–Crippen MR) is 71.6 cm³/mol. The normalized spacial score (nSPS) is 16.3. The molecule has 3 rings (SSSR count). The molecule has 0 aliphatic heterocycles. The average Bonchev–Trinajstić information content (AvgIpc) is 2.52. The van der Waals surface area contributed by atoms with Gasteiger partial charge < -0.3 is 5.73 Å². The molecule has 2 aromatic heterocycles. The van der Waals surface area contributed by atoms with E-state index in [4.69, 9.17) is 5.73 Å². The maximum absolute atomic E-state index is 5.95. The molecule has 2 heterocycles. The Labute approximate surface area is 108 Å². The Balaban J connectivity index is 1.88. The van der Waals surface area contributed by atoms with E-state index in [1.54, 1.807) is 6.20 Å². The van der Waals surface area contributed by atoms with Crippen LogP contribution in [-0.2, 0) is 6.54 Å². The Kier molecular flexibility index (Phi) is 2.78. The van der Waals surface area contributed by atoms with E-state index in [0.29, 0.717) is 5.95 Å². The van der Waals surface area contributed by atoms with Crippen molar-refractivity contribution in [3.63, 3.8) is 0 Å². The first-order chi connectivity index (χ1) is 8.24. The van der Waals surface area contributed by atoms with Crippen molar-refractivity contribution >= 4 is 33.0 Å². The minimum Gasteiger partial charge on any atom is -0.369 e. The third-order valence-electron chi connectivity index (χ3n) is 3.57. The van der Waals surface area contributed by atoms with Crippen LogP contribution in [0.1, 0.15) is 25.7 Å². The first kappa shape index (κ1) is 11.0. The lowest BCUT2D eigenvalue weighted by Crippen LogP contribution is -2.15. The Morgan fingerprint density at radius 3 is 3.00 bits per heavy atom. The molecule has 2 aromatic rings. The molecule has 0 saturated heterocycles. The van der Waals surface area contributed by atoms with Gasteiger partial charge in [0.2, 0.25) is 5.95 Å². The lowest BCUT2D eigenvalue weighted by atomic mass is 9.83. The second-order valence-corrected chi connectivity index (χ2v) is 5.62. The highest BCUT2D eigenvalue weighted by atomic mass is 79.9. The van der Waals surface area contributed by atoms with Crippen molar-refractivity contribution in [3.8, 4) is 0 Å². The van der Waals surface area contributed by atoms with Gasteiger partial charge in [0, 0.05) is 17.2 Å². The number of nitrogen functional groups attached to an aromatic ring is 1. The smallest absolute Gasteiger partial charge is 0.202 e. The van der Waals surface area contributed by atoms with Gasteiger partial charge in [-0.1, -0.05) is 19.3 Å². The zero-order valence-corrected chi connectivity index (χ0v) is 11.2. The lowest BCUT2D eigenvalue weighted by molar-refractivity contribution is 0.284. The molecule has 4 nitrogen and oxygen atoms in total. The van der Waals surface area contributed by atoms with E-state index >= 15 is 0 Å². The summed E-state index contributed by atoms with van der Waals surface area (Å²) in [5.41, 5.74) is 7.71. The van der Waals surface area contributed by atoms with Crippen LogP contribution in [0.15, 0.2) is 16.7 Å². The molecule has 0 atom stereocenters. The van der Waals surface area contributed by atoms with E-state index < -0.39 is 0 Å². The third-order valence-corrected chi connectivity index (χ3v) is 4.00. The zero-order valence-electron chi connectivity index (χ0n) is 9.56. The Bertz CT molecular complexity index is 545. The van der Waals surface area contributed by atoms with E-state index in [1.165, 1.54) is 25.7 Å². The summed E-state index contributed by atoms with van der Waals surface area (Å²) < 4.78 is 2.97. The van der Waals surface area contributed by atoms with E-state index in [0.717, 1.165) is 28.1 Å². The van der Waals surface area contributed by atoms with Crippen molar-refractivity contribution in [3.05, 3.63) is 16.7 Å². The summed E-state index contributed by atoms with van der Waals surface area (Å²) in [7, 11) is 0. The molecular weight excluding hydrogens is 280 g/mol. The number of nitrogens with zero attached hydrogens (tertiary/aromatic N) is 3. The summed E-state index contributed by atoms with van der Waals surface area (Å²) in [5, 5.41) is 0. The lowest BCUT2D eigenvalue weighted by Gasteiger charge is -2.25. The fraction of sp³-hybridized carbons (Fsp3) is 0.500. The van der Waals surface area contributed by atoms with Gasteiger partial charge in [-0.25, -0.2) is 9.97 Å². The maximum Gasteiger partial charge on any atom is 0.202 e. The van der Waals surface area contributed by atoms with Crippen molar-refractivity contribution in [1.82, 2.24) is 14.5 Å². The van der Waals surface area contributed by atoms with Crippen molar-refractivity contribution in [2.45, 2.75) is 32.2 Å². The van der Waals surface area contributed by atoms with Crippen LogP contribution in [0.25, 0.3) is 11.2 Å². The molecule has 0 bridgehead atoms. The van der Waals surface area contributed by atoms with Crippen LogP contribution in [0.5, 0.6) is 0 Å². The molecule has 5 heteroatoms. The highest BCUT2D eigenvalue weighted by Crippen LogP contribution is 2.30. The van der Waals surface area contributed by atoms with Gasteiger partial charge in [0.15, 0.2) is 5.65 Å². The SMILES string of the molecule is Nc1nc2cc(Br)cnc2n1CCC1CCC1. The van der Waals surface area contributed by atoms with Gasteiger partial charge in [0.25, 0.3) is 0 Å². The first-order valence-corrected chi connectivity index (χ1v) is 6.80. The third kappa shape index (κ3) is 2.04. The van der Waals surface area contributed by atoms with Gasteiger partial charge in [-0.05, 0) is 34.3 Å². The largest absolute Gasteiger partial charge is 0.369 e. The number of pyridine rings is 1. The summed E-state index contributed by atoms with van der Waals surface area (Å²) in [6.45, 7) is 0.932. The fourth-order valence-corrected chi connectivity index (χ4v) is 2.64. The molecule has 0 radical (unpaired) electrons. The molecule has 0 amide bonds. The average molecular weight is 295 g/mol. The number of halogens is 1. The molecular formula is C12H15BrN4. The Hall–Kier alpha value is -1.10. The van der Waals surface area contributed by atoms with Gasteiger partial charge in [0.1, 0.15) is 5.52 Å². The molecule has 1 aliphatic carbocycles. The van der Waals surface area contributed by atoms with Crippen molar-refractivity contribution in [1.29, 1.82) is 0 Å². The van der Waals surface area contributed by atoms with E-state index in [9.17, 15) is 0 Å². The number of aryl methyl sites for hydroxylation is 1. The summed E-state index contributed by atoms with van der Waals surface area (Å²) in [4.78, 5) is 8.74. The van der Waals surface area contributed by atoms with Gasteiger partial charge in [-0.3, -0.25) is 4.57 Å². The van der Waals surface area contributed by atoms with E-state index in [1.807, 2.05) is 10.6 Å². The van der Waals surface area contributed by atoms with Crippen molar-refractivity contribution in [2.75, 3.05) is 5.73 Å². The molecule has 0 spiro atoms. The molecule has 0 aromatic carbocycles. The van der Waals surface area contributed by atoms with E-state index in [2.05, 4.69) is 25.9 Å². The van der Waals surface area contributed by atoms with Crippen LogP contribution in [0.2, 0.25) is 0 Å². The molecule has 1 fully saturated rings. The van der Waals surface area contributed by atoms with Crippen LogP contribution in [0.4, 0.5) is 5.95 Å². The highest BCUT2D eigenvalue weighted by Gasteiger charge is 2.18. The van der Waals surface area contributed by atoms with Gasteiger partial charge >= 0.3 is 0 Å². The molecule has 90 valence electrons. The Morgan fingerprint density at radius 2 is 2.29 bits per heavy atom. The van der Waals surface area contributed by atoms with Gasteiger partial charge in [-0.15, -0.1) is 0 Å². The van der Waals surface area contributed by atoms with Crippen LogP contribution in [0.3, 0.4) is 0 Å². The molecule has 17 heavy (non-hydrogen) atoms. The maximum atomic E-state index is 5.95. The van der Waals surface area contributed by atoms with Crippen LogP contribution in [-0.4, -0.2) is 14.5 Å². The second-order valence-electron chi connectivity index (χ2n) is 4.70. The van der Waals surface area contributed by atoms with Gasteiger partial charge in [-0.2, -0.15) is 0 Å². The summed E-state index contributed by atoms with van der Waals surface area (Å²) in [6, 6.07) is 1.96. The molecule has 0 unspecified atom stereocenters. The monoisotopic (exact) mass is 294 g/mol. The van der Waals surface area contributed by atoms with Crippen LogP contribution < -0.4 is 5.73 Å². The van der Waals surface area contributed by atoms with Crippen LogP contribution in [0, 0.1) is 5.92 Å². The quantitative estimate of drug-likeness (QED) is 0.947. The number of aromatic nitrogens is 3. The minimum atomic E-state index is 0.574. The number of fused-ring (bicyclic) bond motifs is 1. The molecule has 2 N–H and O–H groups in total. The van der Waals surface area contributed by atoms with Crippen molar-refractivity contribution < 1.29 is 0 Å². The fourth-order valence-electron chi connectivity index (χ4n) is 2.32. The van der Waals surface area contributed by atoms with E-state index in [-0.39, 0.29) is 0 Å². The van der Waals surface area contributed by atoms with Gasteiger partial charge in [0.05, 0.1) is 0 Å². The number of anilines is 1. The standard InChI is InChI=1S/C12H15BrN4/c13-9-6-10-11(15-7-9)17(12(14)16-10)5-4-8-2-1-3-8/h6-8H,1-5H2,(H2,14,16).